The number of thiazole rings is 1. The van der Waals surface area contributed by atoms with Crippen molar-refractivity contribution >= 4 is 23.2 Å². The Morgan fingerprint density at radius 1 is 1.32 bits per heavy atom. The van der Waals surface area contributed by atoms with Crippen LogP contribution in [0.15, 0.2) is 29.6 Å². The van der Waals surface area contributed by atoms with E-state index in [2.05, 4.69) is 5.32 Å². The van der Waals surface area contributed by atoms with Crippen LogP contribution in [-0.2, 0) is 22.4 Å². The number of halogens is 1. The van der Waals surface area contributed by atoms with Crippen LogP contribution in [0.25, 0.3) is 0 Å². The maximum Gasteiger partial charge on any atom is 0.227 e. The van der Waals surface area contributed by atoms with Gasteiger partial charge in [-0.2, -0.15) is 0 Å². The van der Waals surface area contributed by atoms with E-state index in [4.69, 9.17) is 4.98 Å². The van der Waals surface area contributed by atoms with Crippen molar-refractivity contribution in [1.29, 1.82) is 0 Å². The third-order valence-electron chi connectivity index (χ3n) is 4.99. The van der Waals surface area contributed by atoms with Crippen molar-refractivity contribution in [3.05, 3.63) is 51.7 Å². The Balaban J connectivity index is 1.53. The van der Waals surface area contributed by atoms with Gasteiger partial charge in [-0.05, 0) is 30.5 Å². The summed E-state index contributed by atoms with van der Waals surface area (Å²) in [6.07, 6.45) is 3.50. The molecule has 2 aromatic rings. The number of piperidine rings is 1. The number of hydrogen-bond acceptors (Lipinski definition) is 4. The van der Waals surface area contributed by atoms with Crippen LogP contribution in [0.2, 0.25) is 0 Å². The zero-order chi connectivity index (χ0) is 19.9. The lowest BCUT2D eigenvalue weighted by Gasteiger charge is -2.32. The molecule has 0 bridgehead atoms. The van der Waals surface area contributed by atoms with Crippen molar-refractivity contribution < 1.29 is 14.0 Å². The van der Waals surface area contributed by atoms with Gasteiger partial charge in [0.2, 0.25) is 11.8 Å². The first kappa shape index (κ1) is 20.5. The summed E-state index contributed by atoms with van der Waals surface area (Å²) in [5, 5.41) is 5.98. The second-order valence-electron chi connectivity index (χ2n) is 7.11. The number of aromatic nitrogens is 1. The molecule has 1 aromatic carbocycles. The van der Waals surface area contributed by atoms with E-state index in [0.717, 1.165) is 42.1 Å². The molecule has 7 heteroatoms. The van der Waals surface area contributed by atoms with Crippen LogP contribution in [-0.4, -0.2) is 41.3 Å². The van der Waals surface area contributed by atoms with Crippen LogP contribution in [0.4, 0.5) is 4.39 Å². The molecular formula is C21H26FN3O2S. The smallest absolute Gasteiger partial charge is 0.227 e. The van der Waals surface area contributed by atoms with Crippen molar-refractivity contribution in [2.45, 2.75) is 44.9 Å². The van der Waals surface area contributed by atoms with E-state index in [1.807, 2.05) is 17.2 Å². The average Bonchev–Trinajstić information content (AvgIpc) is 3.18. The number of rotatable bonds is 7. The van der Waals surface area contributed by atoms with Gasteiger partial charge in [0, 0.05) is 43.8 Å². The van der Waals surface area contributed by atoms with Gasteiger partial charge in [0.15, 0.2) is 0 Å². The Morgan fingerprint density at radius 3 is 2.86 bits per heavy atom. The van der Waals surface area contributed by atoms with Gasteiger partial charge < -0.3 is 10.2 Å². The van der Waals surface area contributed by atoms with Gasteiger partial charge in [0.25, 0.3) is 0 Å². The van der Waals surface area contributed by atoms with E-state index in [1.54, 1.807) is 23.5 Å². The lowest BCUT2D eigenvalue weighted by Crippen LogP contribution is -2.39. The fourth-order valence-electron chi connectivity index (χ4n) is 3.37. The highest BCUT2D eigenvalue weighted by atomic mass is 32.1. The molecule has 2 amide bonds. The van der Waals surface area contributed by atoms with E-state index in [1.165, 1.54) is 12.1 Å². The van der Waals surface area contributed by atoms with Crippen molar-refractivity contribution in [2.75, 3.05) is 19.6 Å². The molecule has 1 aliphatic heterocycles. The average molecular weight is 404 g/mol. The van der Waals surface area contributed by atoms with E-state index in [0.29, 0.717) is 25.9 Å². The molecule has 1 aliphatic rings. The first-order valence-corrected chi connectivity index (χ1v) is 10.7. The number of likely N-dealkylation sites (tertiary alicyclic amines) is 1. The lowest BCUT2D eigenvalue weighted by molar-refractivity contribution is -0.131. The fraction of sp³-hybridized carbons (Fsp3) is 0.476. The maximum absolute atomic E-state index is 13.0. The molecule has 0 radical (unpaired) electrons. The molecule has 1 saturated heterocycles. The number of carbonyl (C=O) groups is 2. The molecule has 0 unspecified atom stereocenters. The molecular weight excluding hydrogens is 377 g/mol. The highest BCUT2D eigenvalue weighted by Crippen LogP contribution is 2.29. The molecule has 1 aromatic heterocycles. The summed E-state index contributed by atoms with van der Waals surface area (Å²) in [5.41, 5.74) is 1.82. The van der Waals surface area contributed by atoms with E-state index >= 15 is 0 Å². The molecule has 1 atom stereocenters. The summed E-state index contributed by atoms with van der Waals surface area (Å²) in [6.45, 7) is 3.88. The number of benzene rings is 1. The summed E-state index contributed by atoms with van der Waals surface area (Å²) in [4.78, 5) is 30.6. The molecule has 0 spiro atoms. The molecule has 3 rings (SSSR count). The minimum Gasteiger partial charge on any atom is -0.356 e. The zero-order valence-electron chi connectivity index (χ0n) is 16.1. The number of amides is 2. The topological polar surface area (TPSA) is 62.3 Å². The number of hydrogen-bond donors (Lipinski definition) is 1. The van der Waals surface area contributed by atoms with Crippen molar-refractivity contribution in [1.82, 2.24) is 15.2 Å². The first-order valence-electron chi connectivity index (χ1n) is 9.78. The van der Waals surface area contributed by atoms with Gasteiger partial charge in [-0.15, -0.1) is 11.3 Å². The molecule has 5 nitrogen and oxygen atoms in total. The largest absolute Gasteiger partial charge is 0.356 e. The van der Waals surface area contributed by atoms with Crippen LogP contribution >= 0.6 is 11.3 Å². The second kappa shape index (κ2) is 9.78. The van der Waals surface area contributed by atoms with Gasteiger partial charge in [0.1, 0.15) is 5.82 Å². The van der Waals surface area contributed by atoms with Crippen LogP contribution in [0.1, 0.15) is 48.4 Å². The number of nitrogens with zero attached hydrogens (tertiary/aromatic N) is 2. The highest BCUT2D eigenvalue weighted by molar-refractivity contribution is 7.09. The third kappa shape index (κ3) is 5.61. The van der Waals surface area contributed by atoms with E-state index in [9.17, 15) is 14.0 Å². The molecule has 28 heavy (non-hydrogen) atoms. The lowest BCUT2D eigenvalue weighted by atomic mass is 9.98. The van der Waals surface area contributed by atoms with Gasteiger partial charge in [-0.25, -0.2) is 9.37 Å². The molecule has 0 saturated carbocycles. The molecule has 150 valence electrons. The molecule has 2 heterocycles. The van der Waals surface area contributed by atoms with Gasteiger partial charge in [-0.3, -0.25) is 9.59 Å². The fourth-order valence-corrected chi connectivity index (χ4v) is 4.36. The van der Waals surface area contributed by atoms with E-state index in [-0.39, 0.29) is 23.5 Å². The number of nitrogens with one attached hydrogen (secondary N) is 1. The summed E-state index contributed by atoms with van der Waals surface area (Å²) < 4.78 is 13.0. The standard InChI is InChI=1S/C21H26FN3O2S/c1-2-19(26)23-10-9-18-14-28-21(24-18)16-4-3-11-25(13-16)20(27)12-15-5-7-17(22)8-6-15/h5-8,14,16H,2-4,9-13H2,1H3,(H,23,26)/t16-/m0/s1. The summed E-state index contributed by atoms with van der Waals surface area (Å²) in [7, 11) is 0. The van der Waals surface area contributed by atoms with Crippen LogP contribution in [0, 0.1) is 5.82 Å². The Bertz CT molecular complexity index is 806. The quantitative estimate of drug-likeness (QED) is 0.772. The Morgan fingerprint density at radius 2 is 2.11 bits per heavy atom. The third-order valence-corrected chi connectivity index (χ3v) is 6.04. The number of carbonyl (C=O) groups excluding carboxylic acids is 2. The van der Waals surface area contributed by atoms with Crippen LogP contribution < -0.4 is 5.32 Å². The van der Waals surface area contributed by atoms with Crippen molar-refractivity contribution in [2.24, 2.45) is 0 Å². The minimum absolute atomic E-state index is 0.0537. The predicted molar refractivity (Wildman–Crippen MR) is 108 cm³/mol. The summed E-state index contributed by atoms with van der Waals surface area (Å²) in [6, 6.07) is 6.11. The zero-order valence-corrected chi connectivity index (χ0v) is 16.9. The minimum atomic E-state index is -0.289. The SMILES string of the molecule is CCC(=O)NCCc1csc([C@H]2CCCN(C(=O)Cc3ccc(F)cc3)C2)n1. The Hall–Kier alpha value is -2.28. The van der Waals surface area contributed by atoms with Crippen molar-refractivity contribution in [3.8, 4) is 0 Å². The maximum atomic E-state index is 13.0. The molecule has 1 fully saturated rings. The molecule has 1 N–H and O–H groups in total. The second-order valence-corrected chi connectivity index (χ2v) is 8.00. The Labute approximate surface area is 169 Å². The van der Waals surface area contributed by atoms with Crippen molar-refractivity contribution in [3.63, 3.8) is 0 Å². The van der Waals surface area contributed by atoms with Gasteiger partial charge >= 0.3 is 0 Å². The van der Waals surface area contributed by atoms with E-state index < -0.39 is 0 Å². The Kier molecular flexibility index (Phi) is 7.14. The van der Waals surface area contributed by atoms with Gasteiger partial charge in [-0.1, -0.05) is 19.1 Å². The van der Waals surface area contributed by atoms with Crippen LogP contribution in [0.5, 0.6) is 0 Å². The molecule has 0 aliphatic carbocycles. The predicted octanol–water partition coefficient (Wildman–Crippen LogP) is 3.30. The van der Waals surface area contributed by atoms with Gasteiger partial charge in [0.05, 0.1) is 17.1 Å². The normalized spacial score (nSPS) is 16.8. The monoisotopic (exact) mass is 403 g/mol. The first-order chi connectivity index (χ1) is 13.5. The summed E-state index contributed by atoms with van der Waals surface area (Å²) in [5.74, 6) is 0.103. The van der Waals surface area contributed by atoms with Crippen LogP contribution in [0.3, 0.4) is 0 Å². The highest BCUT2D eigenvalue weighted by Gasteiger charge is 2.26. The summed E-state index contributed by atoms with van der Waals surface area (Å²) >= 11 is 1.64.